The van der Waals surface area contributed by atoms with Gasteiger partial charge in [0.25, 0.3) is 0 Å². The fraction of sp³-hybridized carbons (Fsp3) is 0.167. The van der Waals surface area contributed by atoms with Crippen molar-refractivity contribution < 1.29 is 9.59 Å². The Balaban J connectivity index is 1.73. The number of carbonyl (C=O) groups excluding carboxylic acids is 2. The maximum absolute atomic E-state index is 11.9. The molecular formula is C18H18ClN3O2. The van der Waals surface area contributed by atoms with E-state index in [1.54, 1.807) is 24.3 Å². The van der Waals surface area contributed by atoms with Crippen LogP contribution in [0.3, 0.4) is 0 Å². The average molecular weight is 344 g/mol. The van der Waals surface area contributed by atoms with E-state index in [2.05, 4.69) is 15.8 Å². The molecule has 24 heavy (non-hydrogen) atoms. The highest BCUT2D eigenvalue weighted by Crippen LogP contribution is 2.13. The fourth-order valence-electron chi connectivity index (χ4n) is 1.94. The van der Waals surface area contributed by atoms with Gasteiger partial charge in [-0.15, -0.1) is 0 Å². The van der Waals surface area contributed by atoms with Gasteiger partial charge in [-0.05, 0) is 36.2 Å². The van der Waals surface area contributed by atoms with Crippen LogP contribution in [0.2, 0.25) is 5.02 Å². The molecule has 0 saturated heterocycles. The second kappa shape index (κ2) is 8.84. The summed E-state index contributed by atoms with van der Waals surface area (Å²) in [5.41, 5.74) is 4.94. The number of para-hydroxylation sites is 1. The van der Waals surface area contributed by atoms with Crippen LogP contribution in [0.4, 0.5) is 5.69 Å². The van der Waals surface area contributed by atoms with Gasteiger partial charge >= 0.3 is 0 Å². The molecule has 0 bridgehead atoms. The number of nitrogens with zero attached hydrogens (tertiary/aromatic N) is 1. The van der Waals surface area contributed by atoms with Crippen LogP contribution >= 0.6 is 11.6 Å². The highest BCUT2D eigenvalue weighted by atomic mass is 35.5. The van der Waals surface area contributed by atoms with Crippen molar-refractivity contribution in [3.8, 4) is 0 Å². The van der Waals surface area contributed by atoms with Crippen molar-refractivity contribution in [1.29, 1.82) is 0 Å². The predicted molar refractivity (Wildman–Crippen MR) is 96.2 cm³/mol. The van der Waals surface area contributed by atoms with Gasteiger partial charge in [0.2, 0.25) is 11.8 Å². The van der Waals surface area contributed by atoms with Crippen molar-refractivity contribution in [2.75, 3.05) is 5.32 Å². The second-order valence-corrected chi connectivity index (χ2v) is 5.64. The predicted octanol–water partition coefficient (Wildman–Crippen LogP) is 3.52. The van der Waals surface area contributed by atoms with Crippen molar-refractivity contribution in [2.45, 2.75) is 19.8 Å². The van der Waals surface area contributed by atoms with E-state index in [9.17, 15) is 9.59 Å². The molecule has 5 nitrogen and oxygen atoms in total. The Morgan fingerprint density at radius 3 is 2.42 bits per heavy atom. The first-order valence-corrected chi connectivity index (χ1v) is 7.85. The van der Waals surface area contributed by atoms with Crippen LogP contribution in [0.1, 0.15) is 24.0 Å². The van der Waals surface area contributed by atoms with Crippen molar-refractivity contribution >= 4 is 35.3 Å². The monoisotopic (exact) mass is 343 g/mol. The topological polar surface area (TPSA) is 70.6 Å². The number of halogens is 1. The molecule has 0 aromatic heterocycles. The van der Waals surface area contributed by atoms with E-state index in [1.807, 2.05) is 31.2 Å². The van der Waals surface area contributed by atoms with Crippen molar-refractivity contribution in [2.24, 2.45) is 5.10 Å². The van der Waals surface area contributed by atoms with Gasteiger partial charge in [0.15, 0.2) is 0 Å². The number of nitrogens with one attached hydrogen (secondary N) is 2. The molecule has 0 aliphatic rings. The summed E-state index contributed by atoms with van der Waals surface area (Å²) in [6, 6.07) is 14.5. The molecule has 2 aromatic carbocycles. The van der Waals surface area contributed by atoms with Gasteiger partial charge in [0, 0.05) is 23.6 Å². The Labute approximate surface area is 145 Å². The number of benzene rings is 2. The van der Waals surface area contributed by atoms with Crippen LogP contribution in [0.5, 0.6) is 0 Å². The molecule has 0 unspecified atom stereocenters. The van der Waals surface area contributed by atoms with E-state index in [4.69, 9.17) is 11.6 Å². The summed E-state index contributed by atoms with van der Waals surface area (Å²) in [5.74, 6) is -0.527. The number of anilines is 1. The molecule has 0 aliphatic heterocycles. The number of hydrogen-bond donors (Lipinski definition) is 2. The summed E-state index contributed by atoms with van der Waals surface area (Å²) >= 11 is 5.78. The standard InChI is InChI=1S/C18H18ClN3O2/c1-13-4-2-3-5-16(13)21-17(23)10-11-18(24)22-20-12-14-6-8-15(19)9-7-14/h2-9,12H,10-11H2,1H3,(H,21,23)(H,22,24)/b20-12-. The lowest BCUT2D eigenvalue weighted by molar-refractivity contribution is -0.124. The maximum Gasteiger partial charge on any atom is 0.240 e. The Morgan fingerprint density at radius 1 is 1.04 bits per heavy atom. The molecule has 0 fully saturated rings. The lowest BCUT2D eigenvalue weighted by Crippen LogP contribution is -2.20. The highest BCUT2D eigenvalue weighted by Gasteiger charge is 2.07. The van der Waals surface area contributed by atoms with Gasteiger partial charge in [-0.3, -0.25) is 9.59 Å². The zero-order valence-electron chi connectivity index (χ0n) is 13.3. The average Bonchev–Trinajstić information content (AvgIpc) is 2.57. The lowest BCUT2D eigenvalue weighted by atomic mass is 10.2. The third-order valence-corrected chi connectivity index (χ3v) is 3.52. The van der Waals surface area contributed by atoms with E-state index in [0.29, 0.717) is 5.02 Å². The molecule has 2 N–H and O–H groups in total. The van der Waals surface area contributed by atoms with Crippen LogP contribution in [0.15, 0.2) is 53.6 Å². The Bertz CT molecular complexity index is 742. The summed E-state index contributed by atoms with van der Waals surface area (Å²) in [5, 5.41) is 7.27. The number of amides is 2. The minimum atomic E-state index is -0.319. The minimum Gasteiger partial charge on any atom is -0.326 e. The van der Waals surface area contributed by atoms with Gasteiger partial charge < -0.3 is 5.32 Å². The number of hydrazone groups is 1. The zero-order chi connectivity index (χ0) is 17.4. The third-order valence-electron chi connectivity index (χ3n) is 3.27. The fourth-order valence-corrected chi connectivity index (χ4v) is 2.06. The van der Waals surface area contributed by atoms with Gasteiger partial charge in [-0.25, -0.2) is 5.43 Å². The molecule has 2 rings (SSSR count). The molecule has 0 spiro atoms. The van der Waals surface area contributed by atoms with Crippen LogP contribution in [-0.2, 0) is 9.59 Å². The molecule has 2 amide bonds. The number of hydrogen-bond acceptors (Lipinski definition) is 3. The van der Waals surface area contributed by atoms with E-state index < -0.39 is 0 Å². The first kappa shape index (κ1) is 17.7. The molecule has 0 aliphatic carbocycles. The van der Waals surface area contributed by atoms with Crippen LogP contribution in [0, 0.1) is 6.92 Å². The van der Waals surface area contributed by atoms with E-state index >= 15 is 0 Å². The normalized spacial score (nSPS) is 10.6. The van der Waals surface area contributed by atoms with Crippen molar-refractivity contribution in [3.63, 3.8) is 0 Å². The van der Waals surface area contributed by atoms with Gasteiger partial charge in [0.05, 0.1) is 6.21 Å². The molecule has 124 valence electrons. The van der Waals surface area contributed by atoms with Gasteiger partial charge in [0.1, 0.15) is 0 Å². The minimum absolute atomic E-state index is 0.0652. The second-order valence-electron chi connectivity index (χ2n) is 5.21. The van der Waals surface area contributed by atoms with Crippen molar-refractivity contribution in [1.82, 2.24) is 5.43 Å². The van der Waals surface area contributed by atoms with Crippen molar-refractivity contribution in [3.05, 3.63) is 64.7 Å². The SMILES string of the molecule is Cc1ccccc1NC(=O)CCC(=O)N/N=C\c1ccc(Cl)cc1. The molecule has 6 heteroatoms. The largest absolute Gasteiger partial charge is 0.326 e. The van der Waals surface area contributed by atoms with Gasteiger partial charge in [-0.1, -0.05) is 41.9 Å². The Hall–Kier alpha value is -2.66. The van der Waals surface area contributed by atoms with E-state index in [1.165, 1.54) is 6.21 Å². The first-order valence-electron chi connectivity index (χ1n) is 7.47. The van der Waals surface area contributed by atoms with Gasteiger partial charge in [-0.2, -0.15) is 5.10 Å². The Morgan fingerprint density at radius 2 is 1.71 bits per heavy atom. The molecular weight excluding hydrogens is 326 g/mol. The molecule has 0 atom stereocenters. The summed E-state index contributed by atoms with van der Waals surface area (Å²) < 4.78 is 0. The molecule has 2 aromatic rings. The molecule has 0 radical (unpaired) electrons. The highest BCUT2D eigenvalue weighted by molar-refractivity contribution is 6.30. The molecule has 0 heterocycles. The van der Waals surface area contributed by atoms with E-state index in [0.717, 1.165) is 16.8 Å². The van der Waals surface area contributed by atoms with Crippen LogP contribution in [-0.4, -0.2) is 18.0 Å². The molecule has 0 saturated carbocycles. The number of rotatable bonds is 6. The summed E-state index contributed by atoms with van der Waals surface area (Å²) in [6.07, 6.45) is 1.67. The quantitative estimate of drug-likeness (QED) is 0.622. The number of aryl methyl sites for hydroxylation is 1. The summed E-state index contributed by atoms with van der Waals surface area (Å²) in [6.45, 7) is 1.91. The third kappa shape index (κ3) is 5.85. The van der Waals surface area contributed by atoms with E-state index in [-0.39, 0.29) is 24.7 Å². The summed E-state index contributed by atoms with van der Waals surface area (Å²) in [4.78, 5) is 23.5. The smallest absolute Gasteiger partial charge is 0.240 e. The number of carbonyl (C=O) groups is 2. The zero-order valence-corrected chi connectivity index (χ0v) is 14.0. The van der Waals surface area contributed by atoms with Crippen LogP contribution in [0.25, 0.3) is 0 Å². The lowest BCUT2D eigenvalue weighted by Gasteiger charge is -2.07. The van der Waals surface area contributed by atoms with Crippen LogP contribution < -0.4 is 10.7 Å². The summed E-state index contributed by atoms with van der Waals surface area (Å²) in [7, 11) is 0. The maximum atomic E-state index is 11.9. The first-order chi connectivity index (χ1) is 11.5. The Kier molecular flexibility index (Phi) is 6.51.